The van der Waals surface area contributed by atoms with Crippen LogP contribution < -0.4 is 4.90 Å². The van der Waals surface area contributed by atoms with Crippen LogP contribution in [0.25, 0.3) is 5.65 Å². The normalized spacial score (nSPS) is 20.9. The van der Waals surface area contributed by atoms with Gasteiger partial charge in [-0.3, -0.25) is 0 Å². The molecule has 7 heteroatoms. The first kappa shape index (κ1) is 15.4. The van der Waals surface area contributed by atoms with Crippen molar-refractivity contribution in [1.82, 2.24) is 14.6 Å². The van der Waals surface area contributed by atoms with Crippen molar-refractivity contribution in [2.45, 2.75) is 23.5 Å². The van der Waals surface area contributed by atoms with E-state index in [4.69, 9.17) is 0 Å². The number of anilines is 1. The van der Waals surface area contributed by atoms with Crippen molar-refractivity contribution in [1.29, 1.82) is 0 Å². The number of fused-ring (bicyclic) bond motifs is 1. The summed E-state index contributed by atoms with van der Waals surface area (Å²) < 4.78 is 29.7. The van der Waals surface area contributed by atoms with Crippen molar-refractivity contribution in [3.63, 3.8) is 0 Å². The molecular weight excluding hydrogens is 330 g/mol. The molecule has 0 spiro atoms. The van der Waals surface area contributed by atoms with Gasteiger partial charge in [0, 0.05) is 23.7 Å². The van der Waals surface area contributed by atoms with Crippen LogP contribution in [0.15, 0.2) is 47.6 Å². The van der Waals surface area contributed by atoms with Crippen LogP contribution in [0.5, 0.6) is 0 Å². The fraction of sp³-hybridized carbons (Fsp3) is 0.294. The minimum Gasteiger partial charge on any atom is -0.345 e. The molecule has 0 radical (unpaired) electrons. The summed E-state index contributed by atoms with van der Waals surface area (Å²) in [6.45, 7) is 0.253. The van der Waals surface area contributed by atoms with E-state index in [1.807, 2.05) is 29.4 Å². The monoisotopic (exact) mass is 346 g/mol. The van der Waals surface area contributed by atoms with Gasteiger partial charge in [0.05, 0.1) is 12.6 Å². The zero-order valence-corrected chi connectivity index (χ0v) is 13.9. The Morgan fingerprint density at radius 2 is 2.12 bits per heavy atom. The second-order valence-corrected chi connectivity index (χ2v) is 6.73. The highest BCUT2D eigenvalue weighted by molar-refractivity contribution is 7.98. The Kier molecular flexibility index (Phi) is 3.88. The number of benzene rings is 1. The van der Waals surface area contributed by atoms with Gasteiger partial charge in [-0.1, -0.05) is 0 Å². The minimum atomic E-state index is -0.962. The number of alkyl halides is 1. The van der Waals surface area contributed by atoms with Crippen molar-refractivity contribution < 1.29 is 8.78 Å². The van der Waals surface area contributed by atoms with Crippen LogP contribution in [0, 0.1) is 5.82 Å². The summed E-state index contributed by atoms with van der Waals surface area (Å²) in [5, 5.41) is 4.51. The first-order valence-electron chi connectivity index (χ1n) is 7.69. The van der Waals surface area contributed by atoms with Crippen molar-refractivity contribution in [3.8, 4) is 0 Å². The quantitative estimate of drug-likeness (QED) is 0.674. The van der Waals surface area contributed by atoms with E-state index in [-0.39, 0.29) is 18.4 Å². The summed E-state index contributed by atoms with van der Waals surface area (Å²) in [6.07, 6.45) is 4.70. The molecule has 0 aliphatic carbocycles. The number of hydrogen-bond acceptors (Lipinski definition) is 4. The molecule has 0 unspecified atom stereocenters. The maximum atomic E-state index is 14.1. The van der Waals surface area contributed by atoms with Gasteiger partial charge in [-0.15, -0.1) is 16.9 Å². The number of hydrogen-bond donors (Lipinski definition) is 0. The zero-order valence-electron chi connectivity index (χ0n) is 13.1. The number of rotatable bonds is 3. The molecule has 0 bridgehead atoms. The second kappa shape index (κ2) is 6.05. The fourth-order valence-corrected chi connectivity index (χ4v) is 3.69. The van der Waals surface area contributed by atoms with Gasteiger partial charge in [0.15, 0.2) is 5.65 Å². The van der Waals surface area contributed by atoms with E-state index >= 15 is 0 Å². The molecule has 4 rings (SSSR count). The van der Waals surface area contributed by atoms with Crippen LogP contribution in [-0.2, 0) is 0 Å². The summed E-state index contributed by atoms with van der Waals surface area (Å²) >= 11 is 1.48. The first-order valence-corrected chi connectivity index (χ1v) is 8.92. The van der Waals surface area contributed by atoms with Crippen LogP contribution in [-0.4, -0.2) is 33.6 Å². The Morgan fingerprint density at radius 1 is 1.25 bits per heavy atom. The second-order valence-electron chi connectivity index (χ2n) is 5.85. The highest BCUT2D eigenvalue weighted by atomic mass is 32.2. The van der Waals surface area contributed by atoms with Gasteiger partial charge in [0.25, 0.3) is 0 Å². The molecule has 0 N–H and O–H groups in total. The highest BCUT2D eigenvalue weighted by Crippen LogP contribution is 2.38. The Morgan fingerprint density at radius 3 is 2.96 bits per heavy atom. The van der Waals surface area contributed by atoms with Crippen LogP contribution in [0.2, 0.25) is 0 Å². The Hall–Kier alpha value is -2.15. The average Bonchev–Trinajstić information content (AvgIpc) is 3.19. The summed E-state index contributed by atoms with van der Waals surface area (Å²) in [5.74, 6) is 0.373. The Balaban J connectivity index is 1.74. The van der Waals surface area contributed by atoms with E-state index in [1.165, 1.54) is 23.9 Å². The molecule has 1 aliphatic rings. The van der Waals surface area contributed by atoms with Gasteiger partial charge in [0.2, 0.25) is 0 Å². The highest BCUT2D eigenvalue weighted by Gasteiger charge is 2.34. The van der Waals surface area contributed by atoms with Crippen LogP contribution >= 0.6 is 11.8 Å². The van der Waals surface area contributed by atoms with Crippen molar-refractivity contribution >= 4 is 23.2 Å². The molecule has 1 aliphatic heterocycles. The third kappa shape index (κ3) is 2.73. The van der Waals surface area contributed by atoms with Gasteiger partial charge >= 0.3 is 0 Å². The maximum Gasteiger partial charge on any atom is 0.153 e. The van der Waals surface area contributed by atoms with Crippen molar-refractivity contribution in [3.05, 3.63) is 54.1 Å². The molecule has 1 saturated heterocycles. The lowest BCUT2D eigenvalue weighted by molar-refractivity contribution is 0.356. The Labute approximate surface area is 142 Å². The molecule has 124 valence electrons. The fourth-order valence-electron chi connectivity index (χ4n) is 3.21. The van der Waals surface area contributed by atoms with Gasteiger partial charge in [-0.2, -0.15) is 0 Å². The summed E-state index contributed by atoms with van der Waals surface area (Å²) in [6, 6.07) is 8.38. The molecule has 0 amide bonds. The number of halogens is 2. The number of imidazole rings is 1. The molecule has 1 fully saturated rings. The standard InChI is InChI=1S/C17H16F2N4S/c1-24-14-7-11(6-12(18)8-14)15-9-13(19)10-22(15)17-3-2-16-20-4-5-23(16)21-17/h2-8,13,15H,9-10H2,1H3/t13-,15+/m0/s1. The van der Waals surface area contributed by atoms with E-state index in [2.05, 4.69) is 10.1 Å². The molecule has 3 aromatic rings. The lowest BCUT2D eigenvalue weighted by atomic mass is 10.0. The zero-order chi connectivity index (χ0) is 16.7. The minimum absolute atomic E-state index is 0.227. The van der Waals surface area contributed by atoms with E-state index in [0.717, 1.165) is 16.1 Å². The third-order valence-corrected chi connectivity index (χ3v) is 5.01. The van der Waals surface area contributed by atoms with Crippen LogP contribution in [0.1, 0.15) is 18.0 Å². The molecular formula is C17H16F2N4S. The molecule has 0 saturated carbocycles. The molecule has 1 aromatic carbocycles. The maximum absolute atomic E-state index is 14.1. The number of aromatic nitrogens is 3. The largest absolute Gasteiger partial charge is 0.345 e. The lowest BCUT2D eigenvalue weighted by Gasteiger charge is -2.26. The molecule has 24 heavy (non-hydrogen) atoms. The van der Waals surface area contributed by atoms with E-state index in [0.29, 0.717) is 12.2 Å². The van der Waals surface area contributed by atoms with Crippen LogP contribution in [0.4, 0.5) is 14.6 Å². The third-order valence-electron chi connectivity index (χ3n) is 4.30. The molecule has 3 heterocycles. The predicted octanol–water partition coefficient (Wildman–Crippen LogP) is 3.88. The topological polar surface area (TPSA) is 33.4 Å². The van der Waals surface area contributed by atoms with Crippen molar-refractivity contribution in [2.24, 2.45) is 0 Å². The van der Waals surface area contributed by atoms with E-state index in [9.17, 15) is 8.78 Å². The molecule has 2 aromatic heterocycles. The van der Waals surface area contributed by atoms with E-state index in [1.54, 1.807) is 16.9 Å². The Bertz CT molecular complexity index is 882. The van der Waals surface area contributed by atoms with Crippen molar-refractivity contribution in [2.75, 3.05) is 17.7 Å². The summed E-state index contributed by atoms with van der Waals surface area (Å²) in [4.78, 5) is 6.91. The number of thioether (sulfide) groups is 1. The van der Waals surface area contributed by atoms with Gasteiger partial charge in [0.1, 0.15) is 17.8 Å². The van der Waals surface area contributed by atoms with Gasteiger partial charge < -0.3 is 4.90 Å². The first-order chi connectivity index (χ1) is 11.6. The van der Waals surface area contributed by atoms with Gasteiger partial charge in [-0.25, -0.2) is 18.3 Å². The summed E-state index contributed by atoms with van der Waals surface area (Å²) in [7, 11) is 0. The molecule has 4 nitrogen and oxygen atoms in total. The average molecular weight is 346 g/mol. The lowest BCUT2D eigenvalue weighted by Crippen LogP contribution is -2.25. The van der Waals surface area contributed by atoms with Crippen LogP contribution in [0.3, 0.4) is 0 Å². The SMILES string of the molecule is CSc1cc(F)cc([C@H]2C[C@H](F)CN2c2ccc3nccn3n2)c1. The predicted molar refractivity (Wildman–Crippen MR) is 90.8 cm³/mol. The number of nitrogens with zero attached hydrogens (tertiary/aromatic N) is 4. The van der Waals surface area contributed by atoms with Gasteiger partial charge in [-0.05, 0) is 42.2 Å². The van der Waals surface area contributed by atoms with E-state index < -0.39 is 6.17 Å². The smallest absolute Gasteiger partial charge is 0.153 e. The summed E-state index contributed by atoms with van der Waals surface area (Å²) in [5.41, 5.74) is 1.52. The molecule has 2 atom stereocenters.